The first-order chi connectivity index (χ1) is 10.8. The molecule has 0 saturated carbocycles. The van der Waals surface area contributed by atoms with Gasteiger partial charge in [-0.25, -0.2) is 0 Å². The van der Waals surface area contributed by atoms with Crippen LogP contribution in [-0.4, -0.2) is 6.54 Å². The lowest BCUT2D eigenvalue weighted by Crippen LogP contribution is -2.03. The SMILES string of the molecule is CCCCCCCCCCCCCCNc1ccccc1N. The Morgan fingerprint density at radius 1 is 0.727 bits per heavy atom. The third-order valence-electron chi connectivity index (χ3n) is 4.31. The molecule has 0 amide bonds. The molecule has 22 heavy (non-hydrogen) atoms. The van der Waals surface area contributed by atoms with Crippen molar-refractivity contribution in [2.75, 3.05) is 17.6 Å². The van der Waals surface area contributed by atoms with Gasteiger partial charge in [-0.3, -0.25) is 0 Å². The molecule has 126 valence electrons. The molecule has 1 rings (SSSR count). The van der Waals surface area contributed by atoms with Gasteiger partial charge in [-0.15, -0.1) is 0 Å². The maximum absolute atomic E-state index is 5.91. The molecule has 2 nitrogen and oxygen atoms in total. The number of rotatable bonds is 14. The highest BCUT2D eigenvalue weighted by molar-refractivity contribution is 5.65. The third-order valence-corrected chi connectivity index (χ3v) is 4.31. The van der Waals surface area contributed by atoms with Crippen LogP contribution in [0.4, 0.5) is 11.4 Å². The van der Waals surface area contributed by atoms with Crippen molar-refractivity contribution < 1.29 is 0 Å². The third kappa shape index (κ3) is 9.70. The maximum Gasteiger partial charge on any atom is 0.0573 e. The number of hydrogen-bond acceptors (Lipinski definition) is 2. The standard InChI is InChI=1S/C20H36N2/c1-2-3-4-5-6-7-8-9-10-11-12-15-18-22-20-17-14-13-16-19(20)21/h13-14,16-17,22H,2-12,15,18,21H2,1H3. The summed E-state index contributed by atoms with van der Waals surface area (Å²) in [5.41, 5.74) is 7.83. The molecule has 0 heterocycles. The summed E-state index contributed by atoms with van der Waals surface area (Å²) in [6.07, 6.45) is 16.8. The van der Waals surface area contributed by atoms with Crippen molar-refractivity contribution in [3.05, 3.63) is 24.3 Å². The molecule has 1 aromatic rings. The second-order valence-electron chi connectivity index (χ2n) is 6.40. The smallest absolute Gasteiger partial charge is 0.0573 e. The average Bonchev–Trinajstić information content (AvgIpc) is 2.53. The number of nitrogen functional groups attached to an aromatic ring is 1. The van der Waals surface area contributed by atoms with E-state index in [-0.39, 0.29) is 0 Å². The van der Waals surface area contributed by atoms with Crippen LogP contribution in [0.3, 0.4) is 0 Å². The fourth-order valence-corrected chi connectivity index (χ4v) is 2.85. The summed E-state index contributed by atoms with van der Waals surface area (Å²) in [6, 6.07) is 8.01. The molecule has 0 saturated heterocycles. The summed E-state index contributed by atoms with van der Waals surface area (Å²) in [5.74, 6) is 0. The van der Waals surface area contributed by atoms with E-state index in [1.54, 1.807) is 0 Å². The van der Waals surface area contributed by atoms with Gasteiger partial charge in [0.1, 0.15) is 0 Å². The maximum atomic E-state index is 5.91. The topological polar surface area (TPSA) is 38.0 Å². The first-order valence-electron chi connectivity index (χ1n) is 9.43. The van der Waals surface area contributed by atoms with Gasteiger partial charge in [-0.2, -0.15) is 0 Å². The molecule has 0 fully saturated rings. The Balaban J connectivity index is 1.81. The van der Waals surface area contributed by atoms with E-state index in [9.17, 15) is 0 Å². The molecule has 0 bridgehead atoms. The molecule has 0 spiro atoms. The van der Waals surface area contributed by atoms with E-state index in [2.05, 4.69) is 18.3 Å². The highest BCUT2D eigenvalue weighted by Gasteiger charge is 1.96. The molecule has 0 aliphatic heterocycles. The Kier molecular flexibility index (Phi) is 11.6. The number of nitrogens with one attached hydrogen (secondary N) is 1. The predicted octanol–water partition coefficient (Wildman–Crippen LogP) is 6.38. The highest BCUT2D eigenvalue weighted by Crippen LogP contribution is 2.17. The Morgan fingerprint density at radius 2 is 1.23 bits per heavy atom. The van der Waals surface area contributed by atoms with Crippen molar-refractivity contribution in [2.24, 2.45) is 0 Å². The normalized spacial score (nSPS) is 10.8. The van der Waals surface area contributed by atoms with Gasteiger partial charge in [0, 0.05) is 6.54 Å². The van der Waals surface area contributed by atoms with Crippen LogP contribution in [0.25, 0.3) is 0 Å². The number of benzene rings is 1. The minimum absolute atomic E-state index is 0.849. The molecule has 2 heteroatoms. The van der Waals surface area contributed by atoms with Crippen LogP contribution in [-0.2, 0) is 0 Å². The van der Waals surface area contributed by atoms with Gasteiger partial charge in [-0.05, 0) is 18.6 Å². The zero-order valence-corrected chi connectivity index (χ0v) is 14.6. The fraction of sp³-hybridized carbons (Fsp3) is 0.700. The Bertz CT molecular complexity index is 362. The van der Waals surface area contributed by atoms with E-state index in [1.807, 2.05) is 18.2 Å². The van der Waals surface area contributed by atoms with Gasteiger partial charge in [0.15, 0.2) is 0 Å². The van der Waals surface area contributed by atoms with Crippen LogP contribution < -0.4 is 11.1 Å². The summed E-state index contributed by atoms with van der Waals surface area (Å²) >= 11 is 0. The molecule has 0 radical (unpaired) electrons. The fourth-order valence-electron chi connectivity index (χ4n) is 2.85. The highest BCUT2D eigenvalue weighted by atomic mass is 14.9. The van der Waals surface area contributed by atoms with E-state index >= 15 is 0 Å². The first kappa shape index (κ1) is 18.9. The van der Waals surface area contributed by atoms with E-state index < -0.39 is 0 Å². The monoisotopic (exact) mass is 304 g/mol. The summed E-state index contributed by atoms with van der Waals surface area (Å²) < 4.78 is 0. The molecular weight excluding hydrogens is 268 g/mol. The van der Waals surface area contributed by atoms with Crippen LogP contribution in [0.1, 0.15) is 84.0 Å². The minimum atomic E-state index is 0.849. The number of hydrogen-bond donors (Lipinski definition) is 2. The van der Waals surface area contributed by atoms with Crippen molar-refractivity contribution >= 4 is 11.4 Å². The van der Waals surface area contributed by atoms with Crippen LogP contribution in [0.15, 0.2) is 24.3 Å². The number of anilines is 2. The largest absolute Gasteiger partial charge is 0.397 e. The van der Waals surface area contributed by atoms with Gasteiger partial charge in [0.2, 0.25) is 0 Å². The Hall–Kier alpha value is -1.18. The van der Waals surface area contributed by atoms with Gasteiger partial charge in [0.25, 0.3) is 0 Å². The second kappa shape index (κ2) is 13.5. The minimum Gasteiger partial charge on any atom is -0.397 e. The van der Waals surface area contributed by atoms with Crippen LogP contribution in [0.2, 0.25) is 0 Å². The lowest BCUT2D eigenvalue weighted by atomic mass is 10.1. The van der Waals surface area contributed by atoms with E-state index in [0.29, 0.717) is 0 Å². The molecule has 0 aliphatic carbocycles. The van der Waals surface area contributed by atoms with Crippen molar-refractivity contribution in [1.29, 1.82) is 0 Å². The molecule has 0 aromatic heterocycles. The Labute approximate surface area is 137 Å². The van der Waals surface area contributed by atoms with E-state index in [4.69, 9.17) is 5.73 Å². The first-order valence-corrected chi connectivity index (χ1v) is 9.43. The van der Waals surface area contributed by atoms with Crippen molar-refractivity contribution in [3.8, 4) is 0 Å². The average molecular weight is 305 g/mol. The zero-order valence-electron chi connectivity index (χ0n) is 14.6. The second-order valence-corrected chi connectivity index (χ2v) is 6.40. The van der Waals surface area contributed by atoms with Crippen LogP contribution in [0.5, 0.6) is 0 Å². The zero-order chi connectivity index (χ0) is 15.9. The van der Waals surface area contributed by atoms with Crippen LogP contribution in [0, 0.1) is 0 Å². The number of para-hydroxylation sites is 2. The summed E-state index contributed by atoms with van der Waals surface area (Å²) in [5, 5.41) is 3.42. The molecule has 0 aliphatic rings. The molecule has 0 unspecified atom stereocenters. The number of unbranched alkanes of at least 4 members (excludes halogenated alkanes) is 11. The van der Waals surface area contributed by atoms with Crippen molar-refractivity contribution in [2.45, 2.75) is 84.0 Å². The van der Waals surface area contributed by atoms with E-state index in [0.717, 1.165) is 17.9 Å². The molecule has 0 atom stereocenters. The number of nitrogens with two attached hydrogens (primary N) is 1. The molecule has 1 aromatic carbocycles. The lowest BCUT2D eigenvalue weighted by Gasteiger charge is -2.08. The lowest BCUT2D eigenvalue weighted by molar-refractivity contribution is 0.546. The van der Waals surface area contributed by atoms with Crippen molar-refractivity contribution in [1.82, 2.24) is 0 Å². The molecule has 3 N–H and O–H groups in total. The summed E-state index contributed by atoms with van der Waals surface area (Å²) in [7, 11) is 0. The van der Waals surface area contributed by atoms with Crippen molar-refractivity contribution in [3.63, 3.8) is 0 Å². The van der Waals surface area contributed by atoms with Gasteiger partial charge in [-0.1, -0.05) is 89.7 Å². The van der Waals surface area contributed by atoms with Gasteiger partial charge < -0.3 is 11.1 Å². The summed E-state index contributed by atoms with van der Waals surface area (Å²) in [4.78, 5) is 0. The van der Waals surface area contributed by atoms with Crippen LogP contribution >= 0.6 is 0 Å². The Morgan fingerprint density at radius 3 is 1.77 bits per heavy atom. The summed E-state index contributed by atoms with van der Waals surface area (Å²) in [6.45, 7) is 3.32. The van der Waals surface area contributed by atoms with Gasteiger partial charge in [0.05, 0.1) is 11.4 Å². The predicted molar refractivity (Wildman–Crippen MR) is 100 cm³/mol. The molecular formula is C20H36N2. The quantitative estimate of drug-likeness (QED) is 0.309. The van der Waals surface area contributed by atoms with E-state index in [1.165, 1.54) is 77.0 Å². The van der Waals surface area contributed by atoms with Gasteiger partial charge >= 0.3 is 0 Å².